The van der Waals surface area contributed by atoms with Gasteiger partial charge in [0.15, 0.2) is 0 Å². The van der Waals surface area contributed by atoms with Gasteiger partial charge < -0.3 is 10.2 Å². The van der Waals surface area contributed by atoms with E-state index in [4.69, 9.17) is 0 Å². The first kappa shape index (κ1) is 15.7. The number of hydrogen-bond acceptors (Lipinski definition) is 3. The number of nitrogens with one attached hydrogen (secondary N) is 1. The highest BCUT2D eigenvalue weighted by atomic mass is 32.2. The molecule has 0 radical (unpaired) electrons. The van der Waals surface area contributed by atoms with Gasteiger partial charge in [-0.15, -0.1) is 0 Å². The van der Waals surface area contributed by atoms with Gasteiger partial charge >= 0.3 is 0 Å². The molecule has 1 aliphatic heterocycles. The molecule has 0 aromatic heterocycles. The van der Waals surface area contributed by atoms with E-state index in [1.807, 2.05) is 0 Å². The van der Waals surface area contributed by atoms with Crippen LogP contribution in [0, 0.1) is 5.92 Å². The van der Waals surface area contributed by atoms with Crippen molar-refractivity contribution < 1.29 is 0 Å². The van der Waals surface area contributed by atoms with Crippen LogP contribution in [0.15, 0.2) is 0 Å². The maximum atomic E-state index is 3.73. The van der Waals surface area contributed by atoms with Crippen molar-refractivity contribution in [1.29, 1.82) is 0 Å². The van der Waals surface area contributed by atoms with Gasteiger partial charge in [-0.25, -0.2) is 0 Å². The molecule has 2 nitrogen and oxygen atoms in total. The Morgan fingerprint density at radius 3 is 2.63 bits per heavy atom. The van der Waals surface area contributed by atoms with Crippen molar-refractivity contribution in [2.24, 2.45) is 5.92 Å². The van der Waals surface area contributed by atoms with E-state index in [1.165, 1.54) is 64.7 Å². The van der Waals surface area contributed by atoms with Crippen LogP contribution in [0.4, 0.5) is 0 Å². The van der Waals surface area contributed by atoms with E-state index in [0.29, 0.717) is 4.75 Å². The third kappa shape index (κ3) is 4.12. The molecule has 0 spiro atoms. The van der Waals surface area contributed by atoms with Crippen LogP contribution >= 0.6 is 11.8 Å². The lowest BCUT2D eigenvalue weighted by Crippen LogP contribution is -2.51. The lowest BCUT2D eigenvalue weighted by molar-refractivity contribution is 0.136. The summed E-state index contributed by atoms with van der Waals surface area (Å²) in [5.74, 6) is 0.806. The van der Waals surface area contributed by atoms with Crippen LogP contribution in [-0.4, -0.2) is 48.1 Å². The molecule has 0 amide bonds. The molecule has 2 unspecified atom stereocenters. The fourth-order valence-electron chi connectivity index (χ4n) is 3.86. The van der Waals surface area contributed by atoms with Gasteiger partial charge in [-0.05, 0) is 50.9 Å². The van der Waals surface area contributed by atoms with E-state index in [9.17, 15) is 0 Å². The van der Waals surface area contributed by atoms with E-state index < -0.39 is 0 Å². The Morgan fingerprint density at radius 1 is 1.32 bits per heavy atom. The van der Waals surface area contributed by atoms with Gasteiger partial charge in [0.2, 0.25) is 0 Å². The van der Waals surface area contributed by atoms with Crippen molar-refractivity contribution >= 4 is 11.8 Å². The Kier molecular flexibility index (Phi) is 6.04. The molecule has 112 valence electrons. The molecular formula is C16H32N2S. The van der Waals surface area contributed by atoms with Crippen molar-refractivity contribution in [2.45, 2.75) is 63.2 Å². The summed E-state index contributed by atoms with van der Waals surface area (Å²) in [4.78, 5) is 2.75. The second-order valence-corrected chi connectivity index (χ2v) is 7.93. The fourth-order valence-corrected chi connectivity index (χ4v) is 4.87. The van der Waals surface area contributed by atoms with Crippen molar-refractivity contribution in [3.63, 3.8) is 0 Å². The SMILES string of the molecule is CCCNC1CCN(CC2(SC)CCCC2)CC1C. The first-order valence-electron chi connectivity index (χ1n) is 8.20. The second kappa shape index (κ2) is 7.33. The summed E-state index contributed by atoms with van der Waals surface area (Å²) in [6.45, 7) is 9.80. The van der Waals surface area contributed by atoms with Crippen molar-refractivity contribution in [1.82, 2.24) is 10.2 Å². The summed E-state index contributed by atoms with van der Waals surface area (Å²) < 4.78 is 0.587. The van der Waals surface area contributed by atoms with Gasteiger partial charge in [-0.2, -0.15) is 11.8 Å². The predicted molar refractivity (Wildman–Crippen MR) is 87.0 cm³/mol. The highest BCUT2D eigenvalue weighted by molar-refractivity contribution is 8.00. The van der Waals surface area contributed by atoms with E-state index in [0.717, 1.165) is 12.0 Å². The minimum Gasteiger partial charge on any atom is -0.314 e. The zero-order chi connectivity index (χ0) is 13.7. The van der Waals surface area contributed by atoms with Gasteiger partial charge in [0.1, 0.15) is 0 Å². The smallest absolute Gasteiger partial charge is 0.0284 e. The Balaban J connectivity index is 1.81. The summed E-state index contributed by atoms with van der Waals surface area (Å²) in [5.41, 5.74) is 0. The van der Waals surface area contributed by atoms with Crippen molar-refractivity contribution in [3.05, 3.63) is 0 Å². The molecule has 2 rings (SSSR count). The van der Waals surface area contributed by atoms with Crippen LogP contribution in [0.3, 0.4) is 0 Å². The van der Waals surface area contributed by atoms with E-state index in [2.05, 4.69) is 42.1 Å². The van der Waals surface area contributed by atoms with Crippen LogP contribution in [0.1, 0.15) is 52.4 Å². The number of rotatable bonds is 6. The molecule has 1 N–H and O–H groups in total. The standard InChI is InChI=1S/C16H32N2S/c1-4-10-17-15-7-11-18(12-14(15)2)13-16(19-3)8-5-6-9-16/h14-15,17H,4-13H2,1-3H3. The van der Waals surface area contributed by atoms with Crippen LogP contribution < -0.4 is 5.32 Å². The maximum absolute atomic E-state index is 3.73. The number of thioether (sulfide) groups is 1. The average molecular weight is 285 g/mol. The summed E-state index contributed by atoms with van der Waals surface area (Å²) >= 11 is 2.13. The Hall–Kier alpha value is 0.270. The molecular weight excluding hydrogens is 252 g/mol. The van der Waals surface area contributed by atoms with E-state index in [-0.39, 0.29) is 0 Å². The first-order valence-corrected chi connectivity index (χ1v) is 9.42. The van der Waals surface area contributed by atoms with E-state index in [1.54, 1.807) is 0 Å². The van der Waals surface area contributed by atoms with Crippen LogP contribution in [0.2, 0.25) is 0 Å². The summed E-state index contributed by atoms with van der Waals surface area (Å²) in [5, 5.41) is 3.73. The number of nitrogens with zero attached hydrogens (tertiary/aromatic N) is 1. The molecule has 1 heterocycles. The van der Waals surface area contributed by atoms with E-state index >= 15 is 0 Å². The minimum atomic E-state index is 0.587. The number of likely N-dealkylation sites (tertiary alicyclic amines) is 1. The molecule has 19 heavy (non-hydrogen) atoms. The summed E-state index contributed by atoms with van der Waals surface area (Å²) in [7, 11) is 0. The minimum absolute atomic E-state index is 0.587. The lowest BCUT2D eigenvalue weighted by atomic mass is 9.92. The quantitative estimate of drug-likeness (QED) is 0.805. The topological polar surface area (TPSA) is 15.3 Å². The Labute approximate surface area is 124 Å². The summed E-state index contributed by atoms with van der Waals surface area (Å²) in [6.07, 6.45) is 10.7. The zero-order valence-corrected chi connectivity index (χ0v) is 13.9. The fraction of sp³-hybridized carbons (Fsp3) is 1.00. The molecule has 1 saturated heterocycles. The Morgan fingerprint density at radius 2 is 2.05 bits per heavy atom. The van der Waals surface area contributed by atoms with Gasteiger partial charge in [0, 0.05) is 23.9 Å². The first-order chi connectivity index (χ1) is 9.19. The van der Waals surface area contributed by atoms with Gasteiger partial charge in [0.25, 0.3) is 0 Å². The lowest BCUT2D eigenvalue weighted by Gasteiger charge is -2.41. The second-order valence-electron chi connectivity index (χ2n) is 6.66. The third-order valence-corrected chi connectivity index (χ3v) is 6.51. The highest BCUT2D eigenvalue weighted by Gasteiger charge is 2.36. The third-order valence-electron chi connectivity index (χ3n) is 5.11. The van der Waals surface area contributed by atoms with Crippen molar-refractivity contribution in [3.8, 4) is 0 Å². The van der Waals surface area contributed by atoms with Gasteiger partial charge in [-0.3, -0.25) is 0 Å². The number of piperidine rings is 1. The summed E-state index contributed by atoms with van der Waals surface area (Å²) in [6, 6.07) is 0.755. The molecule has 2 fully saturated rings. The van der Waals surface area contributed by atoms with Crippen LogP contribution in [-0.2, 0) is 0 Å². The molecule has 3 heteroatoms. The molecule has 0 aromatic rings. The molecule has 1 aliphatic carbocycles. The molecule has 2 atom stereocenters. The average Bonchev–Trinajstić information content (AvgIpc) is 2.87. The molecule has 0 bridgehead atoms. The van der Waals surface area contributed by atoms with Crippen LogP contribution in [0.25, 0.3) is 0 Å². The van der Waals surface area contributed by atoms with Gasteiger partial charge in [0.05, 0.1) is 0 Å². The molecule has 0 aromatic carbocycles. The highest BCUT2D eigenvalue weighted by Crippen LogP contribution is 2.41. The van der Waals surface area contributed by atoms with Crippen molar-refractivity contribution in [2.75, 3.05) is 32.4 Å². The maximum Gasteiger partial charge on any atom is 0.0284 e. The van der Waals surface area contributed by atoms with Gasteiger partial charge in [-0.1, -0.05) is 26.7 Å². The van der Waals surface area contributed by atoms with Crippen LogP contribution in [0.5, 0.6) is 0 Å². The molecule has 2 aliphatic rings. The largest absolute Gasteiger partial charge is 0.314 e. The molecule has 1 saturated carbocycles. The zero-order valence-electron chi connectivity index (χ0n) is 13.1. The normalized spacial score (nSPS) is 31.7. The number of hydrogen-bond donors (Lipinski definition) is 1. The monoisotopic (exact) mass is 284 g/mol. The predicted octanol–water partition coefficient (Wildman–Crippen LogP) is 3.37. The Bertz CT molecular complexity index is 263.